The van der Waals surface area contributed by atoms with Crippen LogP contribution in [0.2, 0.25) is 10.0 Å². The SMILES string of the molecule is CCOC(=O)c1c(NC(=O)C(=O)NN=Cc2ccc(OC(=O)c3ccc(Cl)c(Cl)c3)c(OC)c2)sc2c1CCCC2. The Morgan fingerprint density at radius 3 is 2.49 bits per heavy atom. The number of amides is 2. The molecule has 0 unspecified atom stereocenters. The number of thiophene rings is 1. The molecular formula is C28H25Cl2N3O7S. The Morgan fingerprint density at radius 2 is 1.76 bits per heavy atom. The number of nitrogens with zero attached hydrogens (tertiary/aromatic N) is 1. The fourth-order valence-electron chi connectivity index (χ4n) is 4.08. The van der Waals surface area contributed by atoms with E-state index in [0.717, 1.165) is 29.7 Å². The van der Waals surface area contributed by atoms with Crippen molar-refractivity contribution in [3.63, 3.8) is 0 Å². The molecular weight excluding hydrogens is 593 g/mol. The van der Waals surface area contributed by atoms with Gasteiger partial charge in [-0.3, -0.25) is 9.59 Å². The van der Waals surface area contributed by atoms with E-state index in [-0.39, 0.29) is 33.7 Å². The summed E-state index contributed by atoms with van der Waals surface area (Å²) in [5, 5.41) is 7.16. The molecule has 13 heteroatoms. The molecule has 1 heterocycles. The summed E-state index contributed by atoms with van der Waals surface area (Å²) in [7, 11) is 1.39. The third kappa shape index (κ3) is 7.24. The van der Waals surface area contributed by atoms with Crippen molar-refractivity contribution in [3.05, 3.63) is 73.6 Å². The van der Waals surface area contributed by atoms with Gasteiger partial charge in [-0.15, -0.1) is 11.3 Å². The maximum Gasteiger partial charge on any atom is 0.343 e. The number of nitrogens with one attached hydrogen (secondary N) is 2. The molecule has 0 saturated carbocycles. The van der Waals surface area contributed by atoms with Crippen LogP contribution in [0, 0.1) is 0 Å². The monoisotopic (exact) mass is 617 g/mol. The first kappa shape index (κ1) is 30.0. The smallest absolute Gasteiger partial charge is 0.343 e. The Bertz CT molecular complexity index is 1540. The van der Waals surface area contributed by atoms with Crippen molar-refractivity contribution in [2.45, 2.75) is 32.6 Å². The number of hydrogen-bond donors (Lipinski definition) is 2. The van der Waals surface area contributed by atoms with E-state index in [1.807, 2.05) is 0 Å². The van der Waals surface area contributed by atoms with Gasteiger partial charge in [0.25, 0.3) is 0 Å². The van der Waals surface area contributed by atoms with Crippen molar-refractivity contribution in [2.24, 2.45) is 5.10 Å². The largest absolute Gasteiger partial charge is 0.493 e. The van der Waals surface area contributed by atoms with Crippen molar-refractivity contribution in [2.75, 3.05) is 19.0 Å². The van der Waals surface area contributed by atoms with E-state index in [1.54, 1.807) is 13.0 Å². The van der Waals surface area contributed by atoms with E-state index in [9.17, 15) is 19.2 Å². The van der Waals surface area contributed by atoms with E-state index < -0.39 is 23.8 Å². The van der Waals surface area contributed by atoms with E-state index >= 15 is 0 Å². The molecule has 1 aliphatic rings. The third-order valence-corrected chi connectivity index (χ3v) is 7.96. The molecule has 0 bridgehead atoms. The lowest BCUT2D eigenvalue weighted by Crippen LogP contribution is -2.32. The molecule has 1 aliphatic carbocycles. The van der Waals surface area contributed by atoms with E-state index in [4.69, 9.17) is 37.4 Å². The molecule has 41 heavy (non-hydrogen) atoms. The Kier molecular flexibility index (Phi) is 9.98. The number of ether oxygens (including phenoxy) is 3. The predicted octanol–water partition coefficient (Wildman–Crippen LogP) is 5.43. The number of carbonyl (C=O) groups excluding carboxylic acids is 4. The maximum absolute atomic E-state index is 12.6. The van der Waals surface area contributed by atoms with E-state index in [2.05, 4.69) is 15.8 Å². The quantitative estimate of drug-likeness (QED) is 0.113. The highest BCUT2D eigenvalue weighted by Crippen LogP contribution is 2.38. The molecule has 214 valence electrons. The number of methoxy groups -OCH3 is 1. The van der Waals surface area contributed by atoms with Gasteiger partial charge < -0.3 is 19.5 Å². The predicted molar refractivity (Wildman–Crippen MR) is 156 cm³/mol. The molecule has 2 N–H and O–H groups in total. The van der Waals surface area contributed by atoms with Crippen LogP contribution in [0.3, 0.4) is 0 Å². The van der Waals surface area contributed by atoms with Crippen LogP contribution in [0.25, 0.3) is 0 Å². The number of halogens is 2. The molecule has 0 spiro atoms. The van der Waals surface area contributed by atoms with Gasteiger partial charge in [0.05, 0.1) is 41.1 Å². The summed E-state index contributed by atoms with van der Waals surface area (Å²) in [4.78, 5) is 51.1. The number of rotatable bonds is 8. The molecule has 0 radical (unpaired) electrons. The zero-order valence-electron chi connectivity index (χ0n) is 22.0. The van der Waals surface area contributed by atoms with Crippen LogP contribution >= 0.6 is 34.5 Å². The number of hydrogen-bond acceptors (Lipinski definition) is 9. The first-order valence-electron chi connectivity index (χ1n) is 12.5. The lowest BCUT2D eigenvalue weighted by Gasteiger charge is -2.12. The van der Waals surface area contributed by atoms with Crippen molar-refractivity contribution in [3.8, 4) is 11.5 Å². The molecule has 1 aromatic heterocycles. The molecule has 2 aromatic carbocycles. The second-order valence-corrected chi connectivity index (χ2v) is 10.6. The van der Waals surface area contributed by atoms with Crippen molar-refractivity contribution in [1.82, 2.24) is 5.43 Å². The van der Waals surface area contributed by atoms with Crippen LogP contribution in [0.5, 0.6) is 11.5 Å². The van der Waals surface area contributed by atoms with Crippen LogP contribution < -0.4 is 20.2 Å². The van der Waals surface area contributed by atoms with Gasteiger partial charge in [-0.2, -0.15) is 5.10 Å². The van der Waals surface area contributed by atoms with Crippen LogP contribution in [-0.4, -0.2) is 43.7 Å². The van der Waals surface area contributed by atoms with E-state index in [0.29, 0.717) is 22.6 Å². The van der Waals surface area contributed by atoms with Crippen molar-refractivity contribution < 1.29 is 33.4 Å². The molecule has 2 amide bonds. The molecule has 4 rings (SSSR count). The Labute approximate surface area is 249 Å². The summed E-state index contributed by atoms with van der Waals surface area (Å²) in [5.74, 6) is -2.84. The van der Waals surface area contributed by atoms with Gasteiger partial charge in [-0.25, -0.2) is 15.0 Å². The molecule has 0 fully saturated rings. The highest BCUT2D eigenvalue weighted by molar-refractivity contribution is 7.17. The highest BCUT2D eigenvalue weighted by Gasteiger charge is 2.28. The summed E-state index contributed by atoms with van der Waals surface area (Å²) in [5.41, 5.74) is 4.02. The number of benzene rings is 2. The summed E-state index contributed by atoms with van der Waals surface area (Å²) in [6, 6.07) is 8.93. The Morgan fingerprint density at radius 1 is 0.976 bits per heavy atom. The van der Waals surface area contributed by atoms with Crippen LogP contribution in [0.4, 0.5) is 5.00 Å². The van der Waals surface area contributed by atoms with Crippen LogP contribution in [0.1, 0.15) is 56.5 Å². The van der Waals surface area contributed by atoms with Gasteiger partial charge in [0.1, 0.15) is 5.00 Å². The number of anilines is 1. The van der Waals surface area contributed by atoms with Crippen LogP contribution in [0.15, 0.2) is 41.5 Å². The average molecular weight is 618 g/mol. The van der Waals surface area contributed by atoms with Crippen molar-refractivity contribution in [1.29, 1.82) is 0 Å². The lowest BCUT2D eigenvalue weighted by molar-refractivity contribution is -0.136. The minimum Gasteiger partial charge on any atom is -0.493 e. The standard InChI is InChI=1S/C28H25Cl2N3O7S/c1-3-39-28(37)23-17-6-4-5-7-22(17)41-26(23)32-24(34)25(35)33-31-14-15-8-11-20(21(12-15)38-2)40-27(36)16-9-10-18(29)19(30)13-16/h8-14H,3-7H2,1-2H3,(H,32,34)(H,33,35). The van der Waals surface area contributed by atoms with E-state index in [1.165, 1.54) is 55.0 Å². The summed E-state index contributed by atoms with van der Waals surface area (Å²) >= 11 is 13.1. The first-order chi connectivity index (χ1) is 19.7. The maximum atomic E-state index is 12.6. The summed E-state index contributed by atoms with van der Waals surface area (Å²) in [6.07, 6.45) is 4.72. The minimum absolute atomic E-state index is 0.139. The fraction of sp³-hybridized carbons (Fsp3) is 0.250. The molecule has 0 saturated heterocycles. The lowest BCUT2D eigenvalue weighted by atomic mass is 9.95. The normalized spacial score (nSPS) is 12.4. The summed E-state index contributed by atoms with van der Waals surface area (Å²) in [6.45, 7) is 1.89. The van der Waals surface area contributed by atoms with Gasteiger partial charge in [-0.1, -0.05) is 23.2 Å². The number of carbonyl (C=O) groups is 4. The zero-order valence-corrected chi connectivity index (χ0v) is 24.4. The first-order valence-corrected chi connectivity index (χ1v) is 14.1. The fourth-order valence-corrected chi connectivity index (χ4v) is 5.65. The molecule has 3 aromatic rings. The average Bonchev–Trinajstić information content (AvgIpc) is 3.33. The minimum atomic E-state index is -1.03. The number of esters is 2. The molecule has 0 aliphatic heterocycles. The van der Waals surface area contributed by atoms with Gasteiger partial charge in [0.15, 0.2) is 11.5 Å². The van der Waals surface area contributed by atoms with Gasteiger partial charge in [0.2, 0.25) is 0 Å². The number of aryl methyl sites for hydroxylation is 1. The Hall–Kier alpha value is -3.93. The zero-order chi connectivity index (χ0) is 29.5. The van der Waals surface area contributed by atoms with Crippen molar-refractivity contribution >= 4 is 69.5 Å². The summed E-state index contributed by atoms with van der Waals surface area (Å²) < 4.78 is 15.9. The molecule has 10 nitrogen and oxygen atoms in total. The topological polar surface area (TPSA) is 132 Å². The second-order valence-electron chi connectivity index (χ2n) is 8.72. The van der Waals surface area contributed by atoms with Gasteiger partial charge in [0, 0.05) is 4.88 Å². The number of hydrazone groups is 1. The second kappa shape index (κ2) is 13.6. The van der Waals surface area contributed by atoms with Crippen LogP contribution in [-0.2, 0) is 27.2 Å². The Balaban J connectivity index is 1.39. The van der Waals surface area contributed by atoms with Gasteiger partial charge in [-0.05, 0) is 80.1 Å². The third-order valence-electron chi connectivity index (χ3n) is 6.01. The van der Waals surface area contributed by atoms with Gasteiger partial charge >= 0.3 is 23.8 Å². The molecule has 0 atom stereocenters. The highest BCUT2D eigenvalue weighted by atomic mass is 35.5. The number of fused-ring (bicyclic) bond motifs is 1.